The standard InChI is InChI=1S/C15H14BrN3/c1-11(12-4-2-6-14(16)8-12)19-10-13-5-3-7-18-15(13)9-17/h2-8,11,19H,10H2,1H3/t11-/m0/s1. The molecular weight excluding hydrogens is 302 g/mol. The molecule has 3 nitrogen and oxygen atoms in total. The Morgan fingerprint density at radius 1 is 1.37 bits per heavy atom. The maximum Gasteiger partial charge on any atom is 0.144 e. The molecule has 0 aliphatic rings. The van der Waals surface area contributed by atoms with Crippen molar-refractivity contribution in [3.8, 4) is 6.07 Å². The van der Waals surface area contributed by atoms with Crippen LogP contribution in [0.25, 0.3) is 0 Å². The lowest BCUT2D eigenvalue weighted by Crippen LogP contribution is -2.18. The van der Waals surface area contributed by atoms with E-state index in [0.717, 1.165) is 10.0 Å². The highest BCUT2D eigenvalue weighted by Crippen LogP contribution is 2.18. The van der Waals surface area contributed by atoms with Gasteiger partial charge in [0.05, 0.1) is 0 Å². The molecule has 1 aromatic carbocycles. The number of hydrogen-bond acceptors (Lipinski definition) is 3. The first-order valence-corrected chi connectivity index (χ1v) is 6.83. The van der Waals surface area contributed by atoms with Crippen LogP contribution in [0, 0.1) is 11.3 Å². The Bertz CT molecular complexity index is 604. The van der Waals surface area contributed by atoms with Crippen LogP contribution in [0.4, 0.5) is 0 Å². The summed E-state index contributed by atoms with van der Waals surface area (Å²) in [5.74, 6) is 0. The molecule has 2 rings (SSSR count). The molecule has 0 spiro atoms. The number of nitriles is 1. The first-order chi connectivity index (χ1) is 9.20. The lowest BCUT2D eigenvalue weighted by Gasteiger charge is -2.15. The summed E-state index contributed by atoms with van der Waals surface area (Å²) in [6, 6.07) is 14.3. The minimum Gasteiger partial charge on any atom is -0.306 e. The van der Waals surface area contributed by atoms with E-state index in [-0.39, 0.29) is 6.04 Å². The average Bonchev–Trinajstić information content (AvgIpc) is 2.45. The molecule has 1 aromatic heterocycles. The van der Waals surface area contributed by atoms with Gasteiger partial charge in [0.25, 0.3) is 0 Å². The number of aromatic nitrogens is 1. The number of nitrogens with one attached hydrogen (secondary N) is 1. The smallest absolute Gasteiger partial charge is 0.144 e. The van der Waals surface area contributed by atoms with E-state index >= 15 is 0 Å². The van der Waals surface area contributed by atoms with Gasteiger partial charge in [-0.1, -0.05) is 34.1 Å². The van der Waals surface area contributed by atoms with Crippen LogP contribution in [0.3, 0.4) is 0 Å². The molecule has 0 saturated carbocycles. The van der Waals surface area contributed by atoms with Crippen molar-refractivity contribution >= 4 is 15.9 Å². The lowest BCUT2D eigenvalue weighted by molar-refractivity contribution is 0.573. The van der Waals surface area contributed by atoms with E-state index in [1.807, 2.05) is 24.3 Å². The third-order valence-electron chi connectivity index (χ3n) is 2.94. The van der Waals surface area contributed by atoms with Crippen molar-refractivity contribution in [1.82, 2.24) is 10.3 Å². The number of rotatable bonds is 4. The Kier molecular flexibility index (Phi) is 4.67. The maximum atomic E-state index is 8.99. The molecule has 1 N–H and O–H groups in total. The minimum absolute atomic E-state index is 0.212. The molecule has 4 heteroatoms. The molecule has 0 fully saturated rings. The monoisotopic (exact) mass is 315 g/mol. The largest absolute Gasteiger partial charge is 0.306 e. The zero-order valence-electron chi connectivity index (χ0n) is 10.6. The van der Waals surface area contributed by atoms with Crippen molar-refractivity contribution in [1.29, 1.82) is 5.26 Å². The molecule has 0 aliphatic carbocycles. The molecule has 19 heavy (non-hydrogen) atoms. The van der Waals surface area contributed by atoms with Crippen LogP contribution < -0.4 is 5.32 Å². The van der Waals surface area contributed by atoms with Gasteiger partial charge in [0.1, 0.15) is 11.8 Å². The number of pyridine rings is 1. The van der Waals surface area contributed by atoms with E-state index in [9.17, 15) is 0 Å². The van der Waals surface area contributed by atoms with Crippen LogP contribution in [-0.4, -0.2) is 4.98 Å². The predicted octanol–water partition coefficient (Wildman–Crippen LogP) is 3.57. The van der Waals surface area contributed by atoms with Crippen LogP contribution >= 0.6 is 15.9 Å². The summed E-state index contributed by atoms with van der Waals surface area (Å²) in [5.41, 5.74) is 2.61. The first kappa shape index (κ1) is 13.7. The van der Waals surface area contributed by atoms with E-state index in [1.54, 1.807) is 6.20 Å². The second kappa shape index (κ2) is 6.46. The fourth-order valence-corrected chi connectivity index (χ4v) is 2.26. The average molecular weight is 316 g/mol. The molecule has 0 amide bonds. The third-order valence-corrected chi connectivity index (χ3v) is 3.44. The summed E-state index contributed by atoms with van der Waals surface area (Å²) in [4.78, 5) is 4.05. The summed E-state index contributed by atoms with van der Waals surface area (Å²) in [7, 11) is 0. The van der Waals surface area contributed by atoms with Gasteiger partial charge in [0.2, 0.25) is 0 Å². The SMILES string of the molecule is C[C@H](NCc1cccnc1C#N)c1cccc(Br)c1. The topological polar surface area (TPSA) is 48.7 Å². The Morgan fingerprint density at radius 3 is 2.95 bits per heavy atom. The highest BCUT2D eigenvalue weighted by Gasteiger charge is 2.07. The van der Waals surface area contributed by atoms with Gasteiger partial charge in [0, 0.05) is 28.8 Å². The van der Waals surface area contributed by atoms with Crippen LogP contribution in [-0.2, 0) is 6.54 Å². The van der Waals surface area contributed by atoms with Crippen molar-refractivity contribution in [2.45, 2.75) is 19.5 Å². The van der Waals surface area contributed by atoms with Gasteiger partial charge in [-0.15, -0.1) is 0 Å². The molecule has 0 saturated heterocycles. The molecule has 1 atom stereocenters. The molecule has 0 radical (unpaired) electrons. The molecule has 1 heterocycles. The van der Waals surface area contributed by atoms with Gasteiger partial charge in [-0.3, -0.25) is 0 Å². The molecule has 2 aromatic rings. The van der Waals surface area contributed by atoms with Crippen LogP contribution in [0.15, 0.2) is 47.1 Å². The van der Waals surface area contributed by atoms with Gasteiger partial charge in [-0.05, 0) is 30.7 Å². The molecular formula is C15H14BrN3. The van der Waals surface area contributed by atoms with Crippen LogP contribution in [0.2, 0.25) is 0 Å². The lowest BCUT2D eigenvalue weighted by atomic mass is 10.1. The molecule has 0 unspecified atom stereocenters. The van der Waals surface area contributed by atoms with Crippen molar-refractivity contribution in [2.24, 2.45) is 0 Å². The fraction of sp³-hybridized carbons (Fsp3) is 0.200. The fourth-order valence-electron chi connectivity index (χ4n) is 1.84. The zero-order valence-corrected chi connectivity index (χ0v) is 12.2. The van der Waals surface area contributed by atoms with Crippen molar-refractivity contribution in [3.05, 3.63) is 63.9 Å². The normalized spacial score (nSPS) is 11.8. The Labute approximate surface area is 121 Å². The van der Waals surface area contributed by atoms with Gasteiger partial charge in [-0.25, -0.2) is 4.98 Å². The first-order valence-electron chi connectivity index (χ1n) is 6.03. The Balaban J connectivity index is 2.05. The molecule has 96 valence electrons. The van der Waals surface area contributed by atoms with Crippen LogP contribution in [0.1, 0.15) is 29.8 Å². The van der Waals surface area contributed by atoms with Crippen molar-refractivity contribution in [2.75, 3.05) is 0 Å². The maximum absolute atomic E-state index is 8.99. The van der Waals surface area contributed by atoms with E-state index in [2.05, 4.69) is 51.4 Å². The highest BCUT2D eigenvalue weighted by atomic mass is 79.9. The third kappa shape index (κ3) is 3.63. The highest BCUT2D eigenvalue weighted by molar-refractivity contribution is 9.10. The van der Waals surface area contributed by atoms with Crippen molar-refractivity contribution < 1.29 is 0 Å². The molecule has 0 bridgehead atoms. The van der Waals surface area contributed by atoms with E-state index in [0.29, 0.717) is 12.2 Å². The Hall–Kier alpha value is -1.70. The number of hydrogen-bond donors (Lipinski definition) is 1. The van der Waals surface area contributed by atoms with Crippen LogP contribution in [0.5, 0.6) is 0 Å². The summed E-state index contributed by atoms with van der Waals surface area (Å²) < 4.78 is 1.07. The zero-order chi connectivity index (χ0) is 13.7. The second-order valence-electron chi connectivity index (χ2n) is 4.28. The number of benzene rings is 1. The summed E-state index contributed by atoms with van der Waals surface area (Å²) in [6.45, 7) is 2.73. The molecule has 0 aliphatic heterocycles. The summed E-state index contributed by atoms with van der Waals surface area (Å²) in [6.07, 6.45) is 1.64. The van der Waals surface area contributed by atoms with Gasteiger partial charge in [-0.2, -0.15) is 5.26 Å². The van der Waals surface area contributed by atoms with E-state index in [4.69, 9.17) is 5.26 Å². The van der Waals surface area contributed by atoms with Crippen molar-refractivity contribution in [3.63, 3.8) is 0 Å². The van der Waals surface area contributed by atoms with Gasteiger partial charge < -0.3 is 5.32 Å². The van der Waals surface area contributed by atoms with Gasteiger partial charge in [0.15, 0.2) is 0 Å². The van der Waals surface area contributed by atoms with E-state index < -0.39 is 0 Å². The Morgan fingerprint density at radius 2 is 2.21 bits per heavy atom. The quantitative estimate of drug-likeness (QED) is 0.938. The predicted molar refractivity (Wildman–Crippen MR) is 78.3 cm³/mol. The van der Waals surface area contributed by atoms with Gasteiger partial charge >= 0.3 is 0 Å². The second-order valence-corrected chi connectivity index (χ2v) is 5.20. The van der Waals surface area contributed by atoms with E-state index in [1.165, 1.54) is 5.56 Å². The minimum atomic E-state index is 0.212. The number of halogens is 1. The number of nitrogens with zero attached hydrogens (tertiary/aromatic N) is 2. The summed E-state index contributed by atoms with van der Waals surface area (Å²) >= 11 is 3.47. The summed E-state index contributed by atoms with van der Waals surface area (Å²) in [5, 5.41) is 12.4.